The average molecular weight is 1170 g/mol. The zero-order valence-corrected chi connectivity index (χ0v) is 45.1. The van der Waals surface area contributed by atoms with Gasteiger partial charge in [-0.15, -0.1) is 0 Å². The van der Waals surface area contributed by atoms with Gasteiger partial charge in [0, 0.05) is 43.1 Å². The van der Waals surface area contributed by atoms with Crippen LogP contribution < -0.4 is 42.8 Å². The molecule has 0 aliphatic rings. The van der Waals surface area contributed by atoms with E-state index in [0.717, 1.165) is 27.2 Å². The van der Waals surface area contributed by atoms with Crippen molar-refractivity contribution in [3.8, 4) is 5.75 Å². The molecule has 0 saturated heterocycles. The van der Waals surface area contributed by atoms with Gasteiger partial charge in [-0.25, -0.2) is 29.4 Å². The van der Waals surface area contributed by atoms with Crippen LogP contribution in [0.5, 0.6) is 5.75 Å². The van der Waals surface area contributed by atoms with Crippen LogP contribution in [0.1, 0.15) is 76.3 Å². The lowest BCUT2D eigenvalue weighted by molar-refractivity contribution is -0.143. The molecule has 15 N–H and O–H groups in total. The van der Waals surface area contributed by atoms with Gasteiger partial charge in [0.15, 0.2) is 5.11 Å². The maximum atomic E-state index is 13.7. The molecule has 28 nitrogen and oxygen atoms in total. The Labute approximate surface area is 465 Å². The van der Waals surface area contributed by atoms with E-state index in [1.54, 1.807) is 61.5 Å². The van der Waals surface area contributed by atoms with Gasteiger partial charge in [-0.1, -0.05) is 77.9 Å². The Kier molecular flexibility index (Phi) is 30.2. The molecular formula is C48H64N8O20S3. The highest BCUT2D eigenvalue weighted by atomic mass is 33.1. The summed E-state index contributed by atoms with van der Waals surface area (Å²) >= 11 is 4.94. The molecule has 2 aromatic rings. The summed E-state index contributed by atoms with van der Waals surface area (Å²) in [6, 6.07) is 4.94. The molecule has 0 radical (unpaired) electrons. The van der Waals surface area contributed by atoms with E-state index >= 15 is 0 Å². The summed E-state index contributed by atoms with van der Waals surface area (Å²) in [5.74, 6) is -14.0. The van der Waals surface area contributed by atoms with Gasteiger partial charge in [-0.05, 0) is 73.5 Å². The standard InChI is InChI=1S/C48H64N8O20S3/c1-25(21-28-8-10-29(57)11-9-28)20-26(2)40(64)55-56-48(75)76-18-19-78-79-24-35(46(73)74)52-41(65)33(22-27-6-4-3-5-7-27)51-42(66)34(23-39(62)63)50-37(59)15-12-30(43(67)68)49-36(58)16-13-31(44(69)70)53-47(77)54-32(45(71)72)14-17-38(60)61/h3-11,25-26,30-35,57H,12-24H2,1-2H3,(H,49,58)(H,50,59)(H,51,66)(H,52,65)(H,55,64)(H,56,75)(H,60,61)(H,62,63)(H,67,68)(H,69,70)(H,71,72)(H,73,74)(H2,53,54,77)/t25-,26+,30+,31-,32-,33+,34+,35-/m1/s1. The zero-order chi connectivity index (χ0) is 59.2. The van der Waals surface area contributed by atoms with Crippen molar-refractivity contribution in [2.24, 2.45) is 11.8 Å². The van der Waals surface area contributed by atoms with Gasteiger partial charge in [0.2, 0.25) is 29.5 Å². The largest absolute Gasteiger partial charge is 0.508 e. The molecule has 79 heavy (non-hydrogen) atoms. The van der Waals surface area contributed by atoms with Crippen LogP contribution in [0, 0.1) is 11.8 Å². The zero-order valence-electron chi connectivity index (χ0n) is 42.7. The number of hydrogen-bond acceptors (Lipinski definition) is 17. The summed E-state index contributed by atoms with van der Waals surface area (Å²) in [6.07, 6.45) is -4.54. The predicted molar refractivity (Wildman–Crippen MR) is 285 cm³/mol. The molecule has 0 bridgehead atoms. The lowest BCUT2D eigenvalue weighted by Crippen LogP contribution is -2.57. The minimum absolute atomic E-state index is 0.109. The van der Waals surface area contributed by atoms with E-state index in [2.05, 4.69) is 42.8 Å². The molecule has 0 spiro atoms. The summed E-state index contributed by atoms with van der Waals surface area (Å²) in [5, 5.41) is 79.6. The number of thiocarbonyl (C=S) groups is 1. The monoisotopic (exact) mass is 1170 g/mol. The number of hydrazine groups is 1. The summed E-state index contributed by atoms with van der Waals surface area (Å²) in [5.41, 5.74) is 5.93. The third-order valence-electron chi connectivity index (χ3n) is 11.1. The SMILES string of the molecule is C[C@@H](Cc1ccc(O)cc1)C[C@H](C)C(=O)NNC(=O)OCCSSC[C@@H](NC(=O)[C@H](Cc1ccccc1)NC(=O)[C@H](CC(=O)O)NC(=O)CC[C@H](NC(=O)CC[C@@H](NC(=S)N[C@H](CCC(=O)O)C(=O)O)C(=O)O)C(=O)O)C(=O)O. The summed E-state index contributed by atoms with van der Waals surface area (Å²) in [7, 11) is 2.08. The minimum atomic E-state index is -1.87. The van der Waals surface area contributed by atoms with Crippen LogP contribution in [0.3, 0.4) is 0 Å². The fraction of sp³-hybridized carbons (Fsp3) is 0.479. The molecule has 0 aliphatic carbocycles. The van der Waals surface area contributed by atoms with Crippen LogP contribution in [0.15, 0.2) is 54.6 Å². The lowest BCUT2D eigenvalue weighted by atomic mass is 9.91. The average Bonchev–Trinajstić information content (AvgIpc) is 3.37. The van der Waals surface area contributed by atoms with Crippen molar-refractivity contribution in [2.75, 3.05) is 18.1 Å². The van der Waals surface area contributed by atoms with Crippen molar-refractivity contribution in [3.63, 3.8) is 0 Å². The van der Waals surface area contributed by atoms with Crippen LogP contribution in [0.4, 0.5) is 4.79 Å². The van der Waals surface area contributed by atoms with Gasteiger partial charge in [-0.3, -0.25) is 39.0 Å². The van der Waals surface area contributed by atoms with Crippen molar-refractivity contribution in [3.05, 3.63) is 65.7 Å². The number of carboxylic acid groups (broad SMARTS) is 6. The maximum absolute atomic E-state index is 13.7. The smallest absolute Gasteiger partial charge is 0.426 e. The molecule has 0 aliphatic heterocycles. The molecule has 2 rings (SSSR count). The molecule has 2 aromatic carbocycles. The molecule has 0 saturated carbocycles. The Balaban J connectivity index is 1.96. The molecule has 6 amide bonds. The maximum Gasteiger partial charge on any atom is 0.426 e. The van der Waals surface area contributed by atoms with Crippen LogP contribution >= 0.6 is 33.8 Å². The van der Waals surface area contributed by atoms with E-state index in [1.165, 1.54) is 0 Å². The molecule has 434 valence electrons. The van der Waals surface area contributed by atoms with Crippen molar-refractivity contribution in [1.82, 2.24) is 42.8 Å². The molecule has 0 aromatic heterocycles. The van der Waals surface area contributed by atoms with Crippen molar-refractivity contribution in [2.45, 2.75) is 114 Å². The van der Waals surface area contributed by atoms with E-state index in [-0.39, 0.29) is 36.2 Å². The molecule has 0 heterocycles. The quantitative estimate of drug-likeness (QED) is 0.0189. The van der Waals surface area contributed by atoms with Crippen LogP contribution in [-0.4, -0.2) is 167 Å². The normalized spacial score (nSPS) is 13.8. The second kappa shape index (κ2) is 35.5. The van der Waals surface area contributed by atoms with E-state index in [9.17, 15) is 88.2 Å². The van der Waals surface area contributed by atoms with Gasteiger partial charge >= 0.3 is 41.9 Å². The number of carbonyl (C=O) groups is 12. The lowest BCUT2D eigenvalue weighted by Gasteiger charge is -2.24. The molecule has 0 unspecified atom stereocenters. The number of aliphatic carboxylic acids is 6. The Bertz CT molecular complexity index is 2460. The fourth-order valence-electron chi connectivity index (χ4n) is 7.09. The molecular weight excluding hydrogens is 1100 g/mol. The van der Waals surface area contributed by atoms with Gasteiger partial charge in [0.05, 0.1) is 6.42 Å². The summed E-state index contributed by atoms with van der Waals surface area (Å²) in [4.78, 5) is 148. The van der Waals surface area contributed by atoms with Gasteiger partial charge in [0.25, 0.3) is 0 Å². The number of ether oxygens (including phenoxy) is 1. The highest BCUT2D eigenvalue weighted by molar-refractivity contribution is 8.76. The van der Waals surface area contributed by atoms with Crippen molar-refractivity contribution >= 4 is 110 Å². The van der Waals surface area contributed by atoms with Crippen LogP contribution in [0.25, 0.3) is 0 Å². The first-order valence-electron chi connectivity index (χ1n) is 24.1. The first-order chi connectivity index (χ1) is 37.2. The number of phenolic OH excluding ortho intramolecular Hbond substituents is 1. The number of carboxylic acids is 6. The summed E-state index contributed by atoms with van der Waals surface area (Å²) < 4.78 is 5.06. The topological polar surface area (TPSA) is 452 Å². The second-order valence-electron chi connectivity index (χ2n) is 17.7. The number of nitrogens with one attached hydrogen (secondary N) is 8. The number of carbonyl (C=O) groups excluding carboxylic acids is 6. The molecule has 31 heteroatoms. The third-order valence-corrected chi connectivity index (χ3v) is 13.7. The second-order valence-corrected chi connectivity index (χ2v) is 20.7. The highest BCUT2D eigenvalue weighted by Crippen LogP contribution is 2.22. The number of aromatic hydroxyl groups is 1. The Morgan fingerprint density at radius 3 is 1.56 bits per heavy atom. The molecule has 8 atom stereocenters. The first-order valence-corrected chi connectivity index (χ1v) is 27.0. The fourth-order valence-corrected chi connectivity index (χ4v) is 9.35. The van der Waals surface area contributed by atoms with E-state index < -0.39 is 164 Å². The first kappa shape index (κ1) is 67.2. The van der Waals surface area contributed by atoms with Crippen molar-refractivity contribution < 1.29 is 98.0 Å². The van der Waals surface area contributed by atoms with Crippen molar-refractivity contribution in [1.29, 1.82) is 0 Å². The predicted octanol–water partition coefficient (Wildman–Crippen LogP) is 0.357. The Hall–Kier alpha value is -7.93. The number of phenols is 1. The van der Waals surface area contributed by atoms with Crippen LogP contribution in [-0.2, 0) is 70.3 Å². The Morgan fingerprint density at radius 2 is 1.03 bits per heavy atom. The van der Waals surface area contributed by atoms with E-state index in [0.29, 0.717) is 18.4 Å². The minimum Gasteiger partial charge on any atom is -0.508 e. The van der Waals surface area contributed by atoms with Gasteiger partial charge < -0.3 is 72.4 Å². The van der Waals surface area contributed by atoms with Gasteiger partial charge in [-0.2, -0.15) is 0 Å². The Morgan fingerprint density at radius 1 is 0.532 bits per heavy atom. The van der Waals surface area contributed by atoms with E-state index in [1.807, 2.05) is 6.92 Å². The highest BCUT2D eigenvalue weighted by Gasteiger charge is 2.32. The van der Waals surface area contributed by atoms with E-state index in [4.69, 9.17) is 22.1 Å². The summed E-state index contributed by atoms with van der Waals surface area (Å²) in [6.45, 7) is 3.51. The van der Waals surface area contributed by atoms with Crippen LogP contribution in [0.2, 0.25) is 0 Å². The number of rotatable bonds is 36. The number of amides is 6. The van der Waals surface area contributed by atoms with Gasteiger partial charge in [0.1, 0.15) is 48.6 Å². The molecule has 0 fully saturated rings. The number of hydrogen-bond donors (Lipinski definition) is 15. The number of benzene rings is 2. The third kappa shape index (κ3) is 28.3.